The van der Waals surface area contributed by atoms with Gasteiger partial charge in [0.25, 0.3) is 0 Å². The van der Waals surface area contributed by atoms with Crippen molar-refractivity contribution in [3.63, 3.8) is 0 Å². The molecule has 2 aliphatic carbocycles. The standard InChI is InChI=1S/C24H29N3O2S/c1-18(2)29-14-13-28-12-4-6-21-15-20(17-30-21)23-9-8-22-19(5-3-7-24(22)23)16-27-25-10-11-26-27/h3,5,10-11,15,17-18,25-26H,7-9,12-14,16H2,1-2H3. The molecule has 1 aromatic heterocycles. The number of thiophene rings is 1. The van der Waals surface area contributed by atoms with Crippen molar-refractivity contribution in [2.75, 3.05) is 26.4 Å². The van der Waals surface area contributed by atoms with Crippen molar-refractivity contribution in [2.24, 2.45) is 0 Å². The van der Waals surface area contributed by atoms with Crippen LogP contribution in [0.5, 0.6) is 0 Å². The highest BCUT2D eigenvalue weighted by Crippen LogP contribution is 2.44. The molecule has 0 fully saturated rings. The second-order valence-corrected chi connectivity index (χ2v) is 8.63. The van der Waals surface area contributed by atoms with Crippen molar-refractivity contribution >= 4 is 16.9 Å². The predicted molar refractivity (Wildman–Crippen MR) is 122 cm³/mol. The van der Waals surface area contributed by atoms with Crippen LogP contribution in [-0.2, 0) is 9.47 Å². The Morgan fingerprint density at radius 1 is 1.13 bits per heavy atom. The van der Waals surface area contributed by atoms with Crippen LogP contribution in [0.15, 0.2) is 52.7 Å². The van der Waals surface area contributed by atoms with Gasteiger partial charge in [0.15, 0.2) is 0 Å². The molecule has 0 atom stereocenters. The molecular weight excluding hydrogens is 394 g/mol. The van der Waals surface area contributed by atoms with Gasteiger partial charge in [0.1, 0.15) is 6.61 Å². The highest BCUT2D eigenvalue weighted by molar-refractivity contribution is 7.10. The molecule has 0 saturated carbocycles. The maximum absolute atomic E-state index is 5.51. The van der Waals surface area contributed by atoms with E-state index >= 15 is 0 Å². The van der Waals surface area contributed by atoms with E-state index in [-0.39, 0.29) is 6.10 Å². The fourth-order valence-corrected chi connectivity index (χ4v) is 4.71. The Bertz CT molecular complexity index is 935. The largest absolute Gasteiger partial charge is 0.376 e. The summed E-state index contributed by atoms with van der Waals surface area (Å²) < 4.78 is 11.0. The number of fused-ring (bicyclic) bond motifs is 1. The zero-order chi connectivity index (χ0) is 20.8. The topological polar surface area (TPSA) is 45.8 Å². The van der Waals surface area contributed by atoms with E-state index in [2.05, 4.69) is 46.3 Å². The summed E-state index contributed by atoms with van der Waals surface area (Å²) in [4.78, 5) is 1.10. The average molecular weight is 424 g/mol. The Kier molecular flexibility index (Phi) is 7.08. The molecule has 3 aliphatic rings. The van der Waals surface area contributed by atoms with Gasteiger partial charge in [-0.05, 0) is 72.4 Å². The van der Waals surface area contributed by atoms with Crippen molar-refractivity contribution in [1.82, 2.24) is 16.0 Å². The van der Waals surface area contributed by atoms with Crippen LogP contribution in [0.3, 0.4) is 0 Å². The Morgan fingerprint density at radius 3 is 2.80 bits per heavy atom. The van der Waals surface area contributed by atoms with Crippen LogP contribution in [0.2, 0.25) is 0 Å². The van der Waals surface area contributed by atoms with E-state index in [0.29, 0.717) is 19.8 Å². The second kappa shape index (κ2) is 10.1. The minimum absolute atomic E-state index is 0.242. The van der Waals surface area contributed by atoms with E-state index in [9.17, 15) is 0 Å². The van der Waals surface area contributed by atoms with Crippen LogP contribution < -0.4 is 10.9 Å². The number of ether oxygens (including phenoxy) is 2. The number of hydrogen-bond donors (Lipinski definition) is 2. The van der Waals surface area contributed by atoms with Crippen molar-refractivity contribution < 1.29 is 9.47 Å². The first kappa shape index (κ1) is 21.0. The van der Waals surface area contributed by atoms with Gasteiger partial charge in [0.05, 0.1) is 30.7 Å². The third kappa shape index (κ3) is 5.24. The molecule has 0 radical (unpaired) electrons. The lowest BCUT2D eigenvalue weighted by Crippen LogP contribution is -2.39. The van der Waals surface area contributed by atoms with Gasteiger partial charge in [-0.2, -0.15) is 0 Å². The quantitative estimate of drug-likeness (QED) is 0.486. The number of allylic oxidation sites excluding steroid dienone is 4. The van der Waals surface area contributed by atoms with E-state index in [0.717, 1.165) is 30.7 Å². The molecule has 2 heterocycles. The zero-order valence-electron chi connectivity index (χ0n) is 17.7. The van der Waals surface area contributed by atoms with Crippen molar-refractivity contribution in [1.29, 1.82) is 0 Å². The van der Waals surface area contributed by atoms with E-state index in [1.54, 1.807) is 11.3 Å². The van der Waals surface area contributed by atoms with Crippen LogP contribution in [-0.4, -0.2) is 37.6 Å². The van der Waals surface area contributed by atoms with Gasteiger partial charge in [0, 0.05) is 12.4 Å². The monoisotopic (exact) mass is 423 g/mol. The van der Waals surface area contributed by atoms with E-state index in [1.165, 1.54) is 27.9 Å². The third-order valence-corrected chi connectivity index (χ3v) is 6.11. The first-order valence-electron chi connectivity index (χ1n) is 10.5. The number of nitrogens with zero attached hydrogens (tertiary/aromatic N) is 1. The lowest BCUT2D eigenvalue weighted by Gasteiger charge is -2.21. The number of hydrazine groups is 2. The van der Waals surface area contributed by atoms with Crippen molar-refractivity contribution in [3.05, 3.63) is 63.2 Å². The fraction of sp³-hybridized carbons (Fsp3) is 0.417. The zero-order valence-corrected chi connectivity index (χ0v) is 18.5. The Hall–Kier alpha value is -2.30. The molecule has 0 saturated heterocycles. The summed E-state index contributed by atoms with van der Waals surface area (Å²) in [5.74, 6) is 6.36. The van der Waals surface area contributed by atoms with Crippen LogP contribution in [0.4, 0.5) is 0 Å². The summed E-state index contributed by atoms with van der Waals surface area (Å²) in [5, 5.41) is 4.25. The van der Waals surface area contributed by atoms with Gasteiger partial charge in [0.2, 0.25) is 0 Å². The number of nitrogens with one attached hydrogen (secondary N) is 2. The summed E-state index contributed by atoms with van der Waals surface area (Å²) in [6.07, 6.45) is 11.9. The molecular formula is C24H29N3O2S. The maximum Gasteiger partial charge on any atom is 0.108 e. The van der Waals surface area contributed by atoms with E-state index in [4.69, 9.17) is 9.47 Å². The van der Waals surface area contributed by atoms with Crippen LogP contribution in [0.1, 0.15) is 43.6 Å². The highest BCUT2D eigenvalue weighted by atomic mass is 32.1. The van der Waals surface area contributed by atoms with Crippen molar-refractivity contribution in [3.8, 4) is 11.8 Å². The number of rotatable bonds is 8. The Balaban J connectivity index is 1.37. The molecule has 5 nitrogen and oxygen atoms in total. The second-order valence-electron chi connectivity index (χ2n) is 7.72. The fourth-order valence-electron chi connectivity index (χ4n) is 3.92. The van der Waals surface area contributed by atoms with Gasteiger partial charge >= 0.3 is 0 Å². The Morgan fingerprint density at radius 2 is 1.97 bits per heavy atom. The molecule has 0 bridgehead atoms. The van der Waals surface area contributed by atoms with Crippen LogP contribution >= 0.6 is 11.3 Å². The summed E-state index contributed by atoms with van der Waals surface area (Å²) in [7, 11) is 0. The maximum atomic E-state index is 5.51. The molecule has 2 N–H and O–H groups in total. The van der Waals surface area contributed by atoms with Crippen LogP contribution in [0.25, 0.3) is 5.57 Å². The highest BCUT2D eigenvalue weighted by Gasteiger charge is 2.25. The first-order valence-corrected chi connectivity index (χ1v) is 11.4. The average Bonchev–Trinajstić information content (AvgIpc) is 3.48. The van der Waals surface area contributed by atoms with Crippen molar-refractivity contribution in [2.45, 2.75) is 39.2 Å². The van der Waals surface area contributed by atoms with E-state index in [1.807, 2.05) is 31.4 Å². The van der Waals surface area contributed by atoms with Gasteiger partial charge in [-0.1, -0.05) is 24.0 Å². The Labute approximate surface area is 183 Å². The van der Waals surface area contributed by atoms with Gasteiger partial charge in [-0.15, -0.1) is 16.5 Å². The lowest BCUT2D eigenvalue weighted by atomic mass is 9.92. The van der Waals surface area contributed by atoms with Gasteiger partial charge in [-0.3, -0.25) is 0 Å². The predicted octanol–water partition coefficient (Wildman–Crippen LogP) is 4.14. The molecule has 1 aromatic rings. The summed E-state index contributed by atoms with van der Waals surface area (Å²) >= 11 is 1.72. The molecule has 0 aromatic carbocycles. The summed E-state index contributed by atoms with van der Waals surface area (Å²) in [5.41, 5.74) is 13.6. The smallest absolute Gasteiger partial charge is 0.108 e. The summed E-state index contributed by atoms with van der Waals surface area (Å²) in [6.45, 7) is 6.54. The first-order chi connectivity index (χ1) is 14.7. The van der Waals surface area contributed by atoms with E-state index < -0.39 is 0 Å². The summed E-state index contributed by atoms with van der Waals surface area (Å²) in [6, 6.07) is 2.23. The molecule has 6 heteroatoms. The molecule has 0 unspecified atom stereocenters. The third-order valence-electron chi connectivity index (χ3n) is 5.27. The molecule has 158 valence electrons. The molecule has 0 spiro atoms. The molecule has 4 rings (SSSR count). The SMILES string of the molecule is CC(C)OCCOCC#Cc1cc(C2=C3CC=CC(CN4NC=CN4)=C3CC2)cs1. The van der Waals surface area contributed by atoms with Gasteiger partial charge in [-0.25, -0.2) is 0 Å². The van der Waals surface area contributed by atoms with Gasteiger partial charge < -0.3 is 20.3 Å². The normalized spacial score (nSPS) is 18.0. The number of hydrogen-bond acceptors (Lipinski definition) is 6. The molecule has 30 heavy (non-hydrogen) atoms. The minimum atomic E-state index is 0.242. The van der Waals surface area contributed by atoms with Crippen LogP contribution in [0, 0.1) is 11.8 Å². The lowest BCUT2D eigenvalue weighted by molar-refractivity contribution is 0.0280. The minimum Gasteiger partial charge on any atom is -0.376 e. The molecule has 0 amide bonds. The molecule has 1 aliphatic heterocycles.